The van der Waals surface area contributed by atoms with Crippen LogP contribution in [0.5, 0.6) is 0 Å². The second-order valence-corrected chi connectivity index (χ2v) is 6.71. The van der Waals surface area contributed by atoms with Gasteiger partial charge in [-0.3, -0.25) is 19.8 Å². The number of benzene rings is 1. The molecule has 0 radical (unpaired) electrons. The van der Waals surface area contributed by atoms with Gasteiger partial charge < -0.3 is 9.64 Å². The van der Waals surface area contributed by atoms with Crippen molar-refractivity contribution in [2.24, 2.45) is 0 Å². The number of piperidine rings is 1. The van der Waals surface area contributed by atoms with Gasteiger partial charge in [0.15, 0.2) is 0 Å². The SMILES string of the molecule is CC(=O)N1CCOC2(CCCN(Cc3ccc([N+](=O)[O-])cc3)C2)C1. The molecule has 2 heterocycles. The van der Waals surface area contributed by atoms with Crippen LogP contribution < -0.4 is 0 Å². The third-order valence-electron chi connectivity index (χ3n) is 4.87. The first-order valence-electron chi connectivity index (χ1n) is 8.33. The van der Waals surface area contributed by atoms with Gasteiger partial charge in [0.05, 0.1) is 23.7 Å². The Kier molecular flexibility index (Phi) is 4.82. The summed E-state index contributed by atoms with van der Waals surface area (Å²) in [6.07, 6.45) is 1.99. The van der Waals surface area contributed by atoms with Crippen molar-refractivity contribution in [2.45, 2.75) is 31.9 Å². The maximum Gasteiger partial charge on any atom is 0.269 e. The predicted molar refractivity (Wildman–Crippen MR) is 88.5 cm³/mol. The molecule has 1 atom stereocenters. The first kappa shape index (κ1) is 16.9. The topological polar surface area (TPSA) is 75.9 Å². The van der Waals surface area contributed by atoms with E-state index in [9.17, 15) is 14.9 Å². The van der Waals surface area contributed by atoms with Crippen molar-refractivity contribution >= 4 is 11.6 Å². The van der Waals surface area contributed by atoms with E-state index in [1.807, 2.05) is 17.0 Å². The van der Waals surface area contributed by atoms with Crippen molar-refractivity contribution in [3.8, 4) is 0 Å². The summed E-state index contributed by atoms with van der Waals surface area (Å²) in [5, 5.41) is 10.7. The molecule has 1 amide bonds. The molecule has 2 fully saturated rings. The summed E-state index contributed by atoms with van der Waals surface area (Å²) in [4.78, 5) is 26.2. The van der Waals surface area contributed by atoms with E-state index >= 15 is 0 Å². The zero-order valence-electron chi connectivity index (χ0n) is 13.9. The summed E-state index contributed by atoms with van der Waals surface area (Å²) in [5.41, 5.74) is 0.890. The van der Waals surface area contributed by atoms with Crippen molar-refractivity contribution < 1.29 is 14.5 Å². The van der Waals surface area contributed by atoms with E-state index in [1.54, 1.807) is 19.1 Å². The highest BCUT2D eigenvalue weighted by Gasteiger charge is 2.41. The van der Waals surface area contributed by atoms with Crippen molar-refractivity contribution in [2.75, 3.05) is 32.8 Å². The average Bonchev–Trinajstić information content (AvgIpc) is 2.55. The number of rotatable bonds is 3. The second kappa shape index (κ2) is 6.86. The molecule has 1 spiro atoms. The largest absolute Gasteiger partial charge is 0.370 e. The summed E-state index contributed by atoms with van der Waals surface area (Å²) in [7, 11) is 0. The number of carbonyl (C=O) groups is 1. The van der Waals surface area contributed by atoms with Crippen molar-refractivity contribution in [1.82, 2.24) is 9.80 Å². The standard InChI is InChI=1S/C17H23N3O4/c1-14(21)19-9-10-24-17(13-19)7-2-8-18(12-17)11-15-3-5-16(6-4-15)20(22)23/h3-6H,2,7-13H2,1H3. The predicted octanol–water partition coefficient (Wildman–Crippen LogP) is 1.81. The van der Waals surface area contributed by atoms with Crippen LogP contribution in [0.15, 0.2) is 24.3 Å². The molecule has 7 heteroatoms. The molecule has 130 valence electrons. The van der Waals surface area contributed by atoms with Crippen LogP contribution in [0.25, 0.3) is 0 Å². The number of hydrogen-bond acceptors (Lipinski definition) is 5. The maximum absolute atomic E-state index is 11.7. The fourth-order valence-corrected chi connectivity index (χ4v) is 3.67. The summed E-state index contributed by atoms with van der Waals surface area (Å²) in [6, 6.07) is 6.71. The Morgan fingerprint density at radius 1 is 1.29 bits per heavy atom. The molecule has 0 bridgehead atoms. The summed E-state index contributed by atoms with van der Waals surface area (Å²) < 4.78 is 6.08. The normalized spacial score (nSPS) is 25.0. The molecule has 2 aliphatic rings. The molecular weight excluding hydrogens is 310 g/mol. The molecule has 1 aromatic rings. The summed E-state index contributed by atoms with van der Waals surface area (Å²) in [5.74, 6) is 0.102. The Labute approximate surface area is 141 Å². The van der Waals surface area contributed by atoms with Crippen LogP contribution in [0.3, 0.4) is 0 Å². The maximum atomic E-state index is 11.7. The van der Waals surface area contributed by atoms with Gasteiger partial charge in [-0.05, 0) is 24.9 Å². The first-order valence-corrected chi connectivity index (χ1v) is 8.33. The van der Waals surface area contributed by atoms with E-state index in [4.69, 9.17) is 4.74 Å². The Morgan fingerprint density at radius 3 is 2.71 bits per heavy atom. The minimum absolute atomic E-state index is 0.102. The molecular formula is C17H23N3O4. The van der Waals surface area contributed by atoms with Gasteiger partial charge in [0.1, 0.15) is 0 Å². The van der Waals surface area contributed by atoms with Crippen LogP contribution in [0.1, 0.15) is 25.3 Å². The zero-order valence-corrected chi connectivity index (χ0v) is 13.9. The molecule has 2 saturated heterocycles. The van der Waals surface area contributed by atoms with Crippen LogP contribution in [0.4, 0.5) is 5.69 Å². The fourth-order valence-electron chi connectivity index (χ4n) is 3.67. The summed E-state index contributed by atoms with van der Waals surface area (Å²) in [6.45, 7) is 6.01. The van der Waals surface area contributed by atoms with Gasteiger partial charge in [0.2, 0.25) is 5.91 Å². The van der Waals surface area contributed by atoms with Gasteiger partial charge in [0.25, 0.3) is 5.69 Å². The van der Waals surface area contributed by atoms with Crippen LogP contribution in [-0.4, -0.2) is 59.0 Å². The fraction of sp³-hybridized carbons (Fsp3) is 0.588. The summed E-state index contributed by atoms with van der Waals surface area (Å²) >= 11 is 0. The van der Waals surface area contributed by atoms with Crippen molar-refractivity contribution in [1.29, 1.82) is 0 Å². The van der Waals surface area contributed by atoms with Gasteiger partial charge in [-0.1, -0.05) is 12.1 Å². The lowest BCUT2D eigenvalue weighted by Crippen LogP contribution is -2.60. The smallest absolute Gasteiger partial charge is 0.269 e. The molecule has 0 aliphatic carbocycles. The monoisotopic (exact) mass is 333 g/mol. The van der Waals surface area contributed by atoms with Crippen LogP contribution in [-0.2, 0) is 16.1 Å². The molecule has 0 N–H and O–H groups in total. The van der Waals surface area contributed by atoms with Gasteiger partial charge in [-0.25, -0.2) is 0 Å². The Hall–Kier alpha value is -1.99. The molecule has 1 unspecified atom stereocenters. The van der Waals surface area contributed by atoms with Gasteiger partial charge >= 0.3 is 0 Å². The minimum Gasteiger partial charge on any atom is -0.370 e. The number of nitro benzene ring substituents is 1. The first-order chi connectivity index (χ1) is 11.5. The lowest BCUT2D eigenvalue weighted by atomic mass is 9.90. The molecule has 3 rings (SSSR count). The van der Waals surface area contributed by atoms with E-state index in [1.165, 1.54) is 0 Å². The lowest BCUT2D eigenvalue weighted by molar-refractivity contribution is -0.384. The van der Waals surface area contributed by atoms with Crippen molar-refractivity contribution in [3.05, 3.63) is 39.9 Å². The number of nitrogens with zero attached hydrogens (tertiary/aromatic N) is 3. The zero-order chi connectivity index (χ0) is 17.2. The highest BCUT2D eigenvalue weighted by atomic mass is 16.6. The third-order valence-corrected chi connectivity index (χ3v) is 4.87. The lowest BCUT2D eigenvalue weighted by Gasteiger charge is -2.48. The van der Waals surface area contributed by atoms with E-state index in [0.29, 0.717) is 19.7 Å². The number of hydrogen-bond donors (Lipinski definition) is 0. The number of morpholine rings is 1. The highest BCUT2D eigenvalue weighted by molar-refractivity contribution is 5.73. The minimum atomic E-state index is -0.383. The second-order valence-electron chi connectivity index (χ2n) is 6.71. The molecule has 24 heavy (non-hydrogen) atoms. The third kappa shape index (κ3) is 3.73. The highest BCUT2D eigenvalue weighted by Crippen LogP contribution is 2.30. The van der Waals surface area contributed by atoms with Gasteiger partial charge in [-0.15, -0.1) is 0 Å². The quantitative estimate of drug-likeness (QED) is 0.623. The average molecular weight is 333 g/mol. The van der Waals surface area contributed by atoms with Crippen molar-refractivity contribution in [3.63, 3.8) is 0 Å². The van der Waals surface area contributed by atoms with E-state index < -0.39 is 0 Å². The Morgan fingerprint density at radius 2 is 2.04 bits per heavy atom. The van der Waals surface area contributed by atoms with E-state index in [0.717, 1.165) is 38.0 Å². The Balaban J connectivity index is 1.65. The van der Waals surface area contributed by atoms with E-state index in [2.05, 4.69) is 4.90 Å². The van der Waals surface area contributed by atoms with Crippen LogP contribution in [0, 0.1) is 10.1 Å². The van der Waals surface area contributed by atoms with Crippen LogP contribution in [0.2, 0.25) is 0 Å². The number of nitro groups is 1. The molecule has 1 aromatic carbocycles. The van der Waals surface area contributed by atoms with E-state index in [-0.39, 0.29) is 22.1 Å². The van der Waals surface area contributed by atoms with Crippen LogP contribution >= 0.6 is 0 Å². The number of ether oxygens (including phenoxy) is 1. The number of non-ortho nitro benzene ring substituents is 1. The molecule has 0 aromatic heterocycles. The number of amides is 1. The molecule has 7 nitrogen and oxygen atoms in total. The molecule has 0 saturated carbocycles. The van der Waals surface area contributed by atoms with Gasteiger partial charge in [-0.2, -0.15) is 0 Å². The number of carbonyl (C=O) groups excluding carboxylic acids is 1. The number of likely N-dealkylation sites (tertiary alicyclic amines) is 1. The molecule has 2 aliphatic heterocycles. The Bertz CT molecular complexity index is 615. The van der Waals surface area contributed by atoms with Gasteiger partial charge in [0, 0.05) is 38.7 Å².